The fourth-order valence-corrected chi connectivity index (χ4v) is 5.07. The molecule has 27 heavy (non-hydrogen) atoms. The molecule has 1 aromatic carbocycles. The average molecular weight is 372 g/mol. The highest BCUT2D eigenvalue weighted by atomic mass is 16.5. The summed E-state index contributed by atoms with van der Waals surface area (Å²) in [6.07, 6.45) is 7.35. The van der Waals surface area contributed by atoms with Crippen molar-refractivity contribution in [3.8, 4) is 0 Å². The third-order valence-electron chi connectivity index (χ3n) is 6.74. The Morgan fingerprint density at radius 1 is 1.15 bits per heavy atom. The summed E-state index contributed by atoms with van der Waals surface area (Å²) in [7, 11) is 0. The van der Waals surface area contributed by atoms with Crippen molar-refractivity contribution in [1.29, 1.82) is 0 Å². The van der Waals surface area contributed by atoms with Gasteiger partial charge in [0.2, 0.25) is 0 Å². The van der Waals surface area contributed by atoms with Crippen molar-refractivity contribution < 1.29 is 9.53 Å². The summed E-state index contributed by atoms with van der Waals surface area (Å²) in [5.74, 6) is 0.641. The second kappa shape index (κ2) is 8.72. The maximum absolute atomic E-state index is 12.7. The number of carbonyl (C=O) groups excluding carboxylic acids is 1. The molecule has 1 saturated carbocycles. The van der Waals surface area contributed by atoms with Crippen LogP contribution in [-0.4, -0.2) is 62.3 Å². The van der Waals surface area contributed by atoms with E-state index in [1.807, 2.05) is 12.1 Å². The molecule has 2 saturated heterocycles. The molecular weight excluding hydrogens is 338 g/mol. The lowest BCUT2D eigenvalue weighted by atomic mass is 9.91. The van der Waals surface area contributed by atoms with Gasteiger partial charge in [-0.15, -0.1) is 0 Å². The first-order valence-electron chi connectivity index (χ1n) is 10.7. The van der Waals surface area contributed by atoms with E-state index in [1.165, 1.54) is 44.1 Å². The Labute approximate surface area is 162 Å². The van der Waals surface area contributed by atoms with Gasteiger partial charge in [-0.1, -0.05) is 25.0 Å². The summed E-state index contributed by atoms with van der Waals surface area (Å²) in [4.78, 5) is 15.3. The number of carbonyl (C=O) groups is 1. The quantitative estimate of drug-likeness (QED) is 0.835. The average Bonchev–Trinajstić information content (AvgIpc) is 3.24. The van der Waals surface area contributed by atoms with Crippen LogP contribution in [0.3, 0.4) is 0 Å². The number of hydrogen-bond acceptors (Lipinski definition) is 4. The third-order valence-corrected chi connectivity index (χ3v) is 6.74. The predicted molar refractivity (Wildman–Crippen MR) is 107 cm³/mol. The molecule has 0 bridgehead atoms. The second-order valence-corrected chi connectivity index (χ2v) is 8.38. The van der Waals surface area contributed by atoms with Gasteiger partial charge < -0.3 is 15.4 Å². The molecule has 2 heterocycles. The van der Waals surface area contributed by atoms with Crippen molar-refractivity contribution >= 4 is 5.91 Å². The lowest BCUT2D eigenvalue weighted by Crippen LogP contribution is -2.57. The van der Waals surface area contributed by atoms with Gasteiger partial charge >= 0.3 is 0 Å². The maximum Gasteiger partial charge on any atom is 0.251 e. The van der Waals surface area contributed by atoms with Crippen molar-refractivity contribution in [2.24, 2.45) is 0 Å². The standard InChI is InChI=1S/C22H33N3O2/c26-21(19-7-5-18(6-8-19)20-4-3-11-23-16-20)24-17-22(9-1-2-10-22)25-12-14-27-15-13-25/h5-8,20,23H,1-4,9-17H2,(H,24,26)/t20-/m1/s1. The summed E-state index contributed by atoms with van der Waals surface area (Å²) >= 11 is 0. The first-order chi connectivity index (χ1) is 13.3. The molecule has 0 spiro atoms. The number of nitrogens with zero attached hydrogens (tertiary/aromatic N) is 1. The molecular formula is C22H33N3O2. The van der Waals surface area contributed by atoms with E-state index in [-0.39, 0.29) is 11.4 Å². The predicted octanol–water partition coefficient (Wildman–Crippen LogP) is 2.53. The molecule has 4 rings (SSSR count). The Balaban J connectivity index is 1.36. The third kappa shape index (κ3) is 4.36. The van der Waals surface area contributed by atoms with Crippen LogP contribution in [0, 0.1) is 0 Å². The highest BCUT2D eigenvalue weighted by Crippen LogP contribution is 2.35. The molecule has 148 valence electrons. The van der Waals surface area contributed by atoms with Crippen molar-refractivity contribution in [2.45, 2.75) is 50.0 Å². The molecule has 1 aromatic rings. The van der Waals surface area contributed by atoms with Gasteiger partial charge in [-0.3, -0.25) is 9.69 Å². The minimum atomic E-state index is 0.0582. The van der Waals surface area contributed by atoms with Gasteiger partial charge in [-0.05, 0) is 55.8 Å². The zero-order chi connectivity index (χ0) is 18.5. The number of nitrogens with one attached hydrogen (secondary N) is 2. The van der Waals surface area contributed by atoms with Gasteiger partial charge in [0.15, 0.2) is 0 Å². The molecule has 5 nitrogen and oxygen atoms in total. The van der Waals surface area contributed by atoms with Crippen LogP contribution in [0.25, 0.3) is 0 Å². The minimum absolute atomic E-state index is 0.0582. The van der Waals surface area contributed by atoms with E-state index in [2.05, 4.69) is 27.7 Å². The van der Waals surface area contributed by atoms with Crippen LogP contribution < -0.4 is 10.6 Å². The number of piperidine rings is 1. The number of morpholine rings is 1. The van der Waals surface area contributed by atoms with Crippen molar-refractivity contribution in [3.05, 3.63) is 35.4 Å². The van der Waals surface area contributed by atoms with Gasteiger partial charge in [-0.25, -0.2) is 0 Å². The van der Waals surface area contributed by atoms with E-state index in [0.717, 1.165) is 51.5 Å². The number of hydrogen-bond donors (Lipinski definition) is 2. The number of amides is 1. The largest absolute Gasteiger partial charge is 0.379 e. The van der Waals surface area contributed by atoms with E-state index in [9.17, 15) is 4.79 Å². The molecule has 2 aliphatic heterocycles. The lowest BCUT2D eigenvalue weighted by molar-refractivity contribution is -0.0199. The van der Waals surface area contributed by atoms with E-state index in [0.29, 0.717) is 5.92 Å². The Bertz CT molecular complexity index is 613. The van der Waals surface area contributed by atoms with Crippen LogP contribution in [0.2, 0.25) is 0 Å². The number of benzene rings is 1. The van der Waals surface area contributed by atoms with Crippen LogP contribution in [-0.2, 0) is 4.74 Å². The number of ether oxygens (including phenoxy) is 1. The molecule has 0 unspecified atom stereocenters. The highest BCUT2D eigenvalue weighted by molar-refractivity contribution is 5.94. The van der Waals surface area contributed by atoms with Crippen LogP contribution in [0.5, 0.6) is 0 Å². The minimum Gasteiger partial charge on any atom is -0.379 e. The summed E-state index contributed by atoms with van der Waals surface area (Å²) < 4.78 is 5.53. The topological polar surface area (TPSA) is 53.6 Å². The number of rotatable bonds is 5. The Morgan fingerprint density at radius 2 is 1.89 bits per heavy atom. The fourth-order valence-electron chi connectivity index (χ4n) is 5.07. The van der Waals surface area contributed by atoms with Crippen molar-refractivity contribution in [1.82, 2.24) is 15.5 Å². The monoisotopic (exact) mass is 371 g/mol. The van der Waals surface area contributed by atoms with E-state index in [4.69, 9.17) is 4.74 Å². The van der Waals surface area contributed by atoms with Crippen molar-refractivity contribution in [3.63, 3.8) is 0 Å². The molecule has 3 aliphatic rings. The fraction of sp³-hybridized carbons (Fsp3) is 0.682. The van der Waals surface area contributed by atoms with Crippen LogP contribution in [0.1, 0.15) is 60.4 Å². The van der Waals surface area contributed by atoms with E-state index in [1.54, 1.807) is 0 Å². The van der Waals surface area contributed by atoms with E-state index < -0.39 is 0 Å². The molecule has 1 aliphatic carbocycles. The smallest absolute Gasteiger partial charge is 0.251 e. The van der Waals surface area contributed by atoms with E-state index >= 15 is 0 Å². The molecule has 0 radical (unpaired) electrons. The van der Waals surface area contributed by atoms with Gasteiger partial charge in [0.1, 0.15) is 0 Å². The molecule has 2 N–H and O–H groups in total. The Kier molecular flexibility index (Phi) is 6.11. The first-order valence-corrected chi connectivity index (χ1v) is 10.7. The molecule has 3 fully saturated rings. The van der Waals surface area contributed by atoms with Crippen LogP contribution in [0.15, 0.2) is 24.3 Å². The SMILES string of the molecule is O=C(NCC1(N2CCOCC2)CCCC1)c1ccc([C@@H]2CCCNC2)cc1. The summed E-state index contributed by atoms with van der Waals surface area (Å²) in [5.41, 5.74) is 2.25. The Hall–Kier alpha value is -1.43. The summed E-state index contributed by atoms with van der Waals surface area (Å²) in [6.45, 7) is 6.52. The van der Waals surface area contributed by atoms with Gasteiger partial charge in [0, 0.05) is 37.3 Å². The van der Waals surface area contributed by atoms with Gasteiger partial charge in [0.05, 0.1) is 13.2 Å². The molecule has 0 aromatic heterocycles. The normalized spacial score (nSPS) is 26.0. The van der Waals surface area contributed by atoms with Gasteiger partial charge in [0.25, 0.3) is 5.91 Å². The summed E-state index contributed by atoms with van der Waals surface area (Å²) in [6, 6.07) is 8.27. The maximum atomic E-state index is 12.7. The lowest BCUT2D eigenvalue weighted by Gasteiger charge is -2.43. The second-order valence-electron chi connectivity index (χ2n) is 8.38. The summed E-state index contributed by atoms with van der Waals surface area (Å²) in [5, 5.41) is 6.71. The molecule has 5 heteroatoms. The van der Waals surface area contributed by atoms with Crippen molar-refractivity contribution in [2.75, 3.05) is 45.9 Å². The highest BCUT2D eigenvalue weighted by Gasteiger charge is 2.40. The zero-order valence-electron chi connectivity index (χ0n) is 16.3. The molecule has 1 amide bonds. The van der Waals surface area contributed by atoms with Crippen LogP contribution >= 0.6 is 0 Å². The van der Waals surface area contributed by atoms with Crippen LogP contribution in [0.4, 0.5) is 0 Å². The zero-order valence-corrected chi connectivity index (χ0v) is 16.3. The van der Waals surface area contributed by atoms with Gasteiger partial charge in [-0.2, -0.15) is 0 Å². The molecule has 1 atom stereocenters. The first kappa shape index (κ1) is 18.9. The Morgan fingerprint density at radius 3 is 2.56 bits per heavy atom.